The molecule has 0 atom stereocenters. The van der Waals surface area contributed by atoms with Crippen molar-refractivity contribution in [2.24, 2.45) is 0 Å². The number of anilines is 1. The minimum absolute atomic E-state index is 0.0776. The number of rotatable bonds is 5. The van der Waals surface area contributed by atoms with Gasteiger partial charge in [-0.05, 0) is 38.5 Å². The molecule has 5 nitrogen and oxygen atoms in total. The average Bonchev–Trinajstić information content (AvgIpc) is 2.28. The van der Waals surface area contributed by atoms with Gasteiger partial charge in [0.15, 0.2) is 0 Å². The maximum Gasteiger partial charge on any atom is 0.243 e. The van der Waals surface area contributed by atoms with Gasteiger partial charge in [-0.15, -0.1) is 0 Å². The lowest BCUT2D eigenvalue weighted by Gasteiger charge is -2.26. The molecule has 0 fully saturated rings. The Balaban J connectivity index is 3.31. The van der Waals surface area contributed by atoms with Crippen LogP contribution in [-0.2, 0) is 10.0 Å². The van der Waals surface area contributed by atoms with Crippen LogP contribution in [0, 0.1) is 6.92 Å². The Bertz CT molecular complexity index is 512. The molecule has 1 aromatic rings. The highest BCUT2D eigenvalue weighted by atomic mass is 32.2. The summed E-state index contributed by atoms with van der Waals surface area (Å²) in [7, 11) is -3.62. The van der Waals surface area contributed by atoms with E-state index in [1.807, 2.05) is 0 Å². The lowest BCUT2D eigenvalue weighted by Crippen LogP contribution is -2.39. The van der Waals surface area contributed by atoms with Crippen LogP contribution in [-0.4, -0.2) is 37.0 Å². The molecule has 18 heavy (non-hydrogen) atoms. The Morgan fingerprint density at radius 2 is 2.00 bits per heavy atom. The smallest absolute Gasteiger partial charge is 0.243 e. The first-order valence-corrected chi connectivity index (χ1v) is 7.24. The van der Waals surface area contributed by atoms with Crippen molar-refractivity contribution >= 4 is 15.7 Å². The highest BCUT2D eigenvalue weighted by Crippen LogP contribution is 2.24. The molecule has 102 valence electrons. The summed E-state index contributed by atoms with van der Waals surface area (Å²) in [6, 6.07) is 4.60. The van der Waals surface area contributed by atoms with Crippen LogP contribution in [0.25, 0.3) is 0 Å². The van der Waals surface area contributed by atoms with Crippen molar-refractivity contribution in [2.45, 2.75) is 31.7 Å². The molecule has 0 saturated heterocycles. The van der Waals surface area contributed by atoms with Crippen LogP contribution in [0.4, 0.5) is 5.69 Å². The van der Waals surface area contributed by atoms with E-state index in [2.05, 4.69) is 0 Å². The van der Waals surface area contributed by atoms with Crippen molar-refractivity contribution < 1.29 is 13.5 Å². The standard InChI is InChI=1S/C12H20N2O3S/c1-9(2)14(7-8-15)18(16,17)12-6-4-5-11(13)10(12)3/h4-6,9,15H,7-8,13H2,1-3H3. The minimum Gasteiger partial charge on any atom is -0.398 e. The summed E-state index contributed by atoms with van der Waals surface area (Å²) in [5.74, 6) is 0. The number of nitrogens with two attached hydrogens (primary N) is 1. The molecule has 0 bridgehead atoms. The molecule has 0 heterocycles. The van der Waals surface area contributed by atoms with Gasteiger partial charge in [-0.1, -0.05) is 6.07 Å². The predicted octanol–water partition coefficient (Wildman–Crippen LogP) is 0.969. The summed E-state index contributed by atoms with van der Waals surface area (Å²) in [5, 5.41) is 8.99. The highest BCUT2D eigenvalue weighted by molar-refractivity contribution is 7.89. The van der Waals surface area contributed by atoms with Crippen molar-refractivity contribution in [3.8, 4) is 0 Å². The number of aliphatic hydroxyl groups is 1. The molecular weight excluding hydrogens is 252 g/mol. The van der Waals surface area contributed by atoms with Crippen molar-refractivity contribution in [1.82, 2.24) is 4.31 Å². The fourth-order valence-electron chi connectivity index (χ4n) is 1.79. The Hall–Kier alpha value is -1.11. The van der Waals surface area contributed by atoms with Crippen LogP contribution in [0.2, 0.25) is 0 Å². The summed E-state index contributed by atoms with van der Waals surface area (Å²) >= 11 is 0. The number of benzene rings is 1. The van der Waals surface area contributed by atoms with E-state index >= 15 is 0 Å². The Labute approximate surface area is 108 Å². The number of sulfonamides is 1. The van der Waals surface area contributed by atoms with Crippen LogP contribution in [0.5, 0.6) is 0 Å². The van der Waals surface area contributed by atoms with Gasteiger partial charge in [0.2, 0.25) is 10.0 Å². The number of nitrogen functional groups attached to an aromatic ring is 1. The number of aliphatic hydroxyl groups excluding tert-OH is 1. The molecule has 0 amide bonds. The van der Waals surface area contributed by atoms with Gasteiger partial charge in [0.1, 0.15) is 0 Å². The summed E-state index contributed by atoms with van der Waals surface area (Å²) in [6.07, 6.45) is 0. The molecule has 3 N–H and O–H groups in total. The van der Waals surface area contributed by atoms with Gasteiger partial charge in [0.25, 0.3) is 0 Å². The first kappa shape index (κ1) is 14.9. The van der Waals surface area contributed by atoms with E-state index in [1.165, 1.54) is 10.4 Å². The van der Waals surface area contributed by atoms with E-state index in [1.54, 1.807) is 32.9 Å². The van der Waals surface area contributed by atoms with Gasteiger partial charge in [-0.25, -0.2) is 8.42 Å². The fourth-order valence-corrected chi connectivity index (χ4v) is 3.68. The van der Waals surface area contributed by atoms with Crippen molar-refractivity contribution in [1.29, 1.82) is 0 Å². The molecular formula is C12H20N2O3S. The van der Waals surface area contributed by atoms with Gasteiger partial charge in [0, 0.05) is 18.3 Å². The molecule has 0 radical (unpaired) electrons. The van der Waals surface area contributed by atoms with Crippen molar-refractivity contribution in [2.75, 3.05) is 18.9 Å². The Morgan fingerprint density at radius 3 is 2.50 bits per heavy atom. The number of hydrogen-bond donors (Lipinski definition) is 2. The molecule has 0 aliphatic rings. The normalized spacial score (nSPS) is 12.3. The zero-order chi connectivity index (χ0) is 13.9. The molecule has 0 aromatic heterocycles. The van der Waals surface area contributed by atoms with Gasteiger partial charge >= 0.3 is 0 Å². The second-order valence-corrected chi connectivity index (χ2v) is 6.26. The Morgan fingerprint density at radius 1 is 1.39 bits per heavy atom. The monoisotopic (exact) mass is 272 g/mol. The minimum atomic E-state index is -3.62. The van der Waals surface area contributed by atoms with Gasteiger partial charge in [0.05, 0.1) is 11.5 Å². The second-order valence-electron chi connectivity index (χ2n) is 4.40. The van der Waals surface area contributed by atoms with Gasteiger partial charge in [-0.3, -0.25) is 0 Å². The lowest BCUT2D eigenvalue weighted by atomic mass is 10.2. The van der Waals surface area contributed by atoms with Crippen LogP contribution >= 0.6 is 0 Å². The zero-order valence-corrected chi connectivity index (χ0v) is 11.7. The first-order chi connectivity index (χ1) is 8.32. The summed E-state index contributed by atoms with van der Waals surface area (Å²) in [5.41, 5.74) is 6.73. The fraction of sp³-hybridized carbons (Fsp3) is 0.500. The maximum atomic E-state index is 12.5. The second kappa shape index (κ2) is 5.69. The van der Waals surface area contributed by atoms with E-state index in [-0.39, 0.29) is 24.1 Å². The molecule has 0 aliphatic carbocycles. The van der Waals surface area contributed by atoms with Crippen molar-refractivity contribution in [3.05, 3.63) is 23.8 Å². The molecule has 0 aliphatic heterocycles. The molecule has 1 rings (SSSR count). The SMILES string of the molecule is Cc1c(N)cccc1S(=O)(=O)N(CCO)C(C)C. The molecule has 0 saturated carbocycles. The molecule has 0 spiro atoms. The molecule has 1 aromatic carbocycles. The van der Waals surface area contributed by atoms with E-state index in [0.717, 1.165) is 0 Å². The van der Waals surface area contributed by atoms with E-state index in [9.17, 15) is 8.42 Å². The van der Waals surface area contributed by atoms with Gasteiger partial charge < -0.3 is 10.8 Å². The third kappa shape index (κ3) is 2.82. The largest absolute Gasteiger partial charge is 0.398 e. The topological polar surface area (TPSA) is 83.6 Å². The van der Waals surface area contributed by atoms with E-state index in [0.29, 0.717) is 11.3 Å². The summed E-state index contributed by atoms with van der Waals surface area (Å²) < 4.78 is 26.3. The van der Waals surface area contributed by atoms with Crippen LogP contribution < -0.4 is 5.73 Å². The lowest BCUT2D eigenvalue weighted by molar-refractivity contribution is 0.236. The number of hydrogen-bond acceptors (Lipinski definition) is 4. The summed E-state index contributed by atoms with van der Waals surface area (Å²) in [4.78, 5) is 0.199. The third-order valence-corrected chi connectivity index (χ3v) is 5.03. The molecule has 0 unspecified atom stereocenters. The van der Waals surface area contributed by atoms with Crippen molar-refractivity contribution in [3.63, 3.8) is 0 Å². The van der Waals surface area contributed by atoms with Crippen LogP contribution in [0.3, 0.4) is 0 Å². The van der Waals surface area contributed by atoms with Crippen LogP contribution in [0.1, 0.15) is 19.4 Å². The Kier molecular flexibility index (Phi) is 4.72. The number of nitrogens with zero attached hydrogens (tertiary/aromatic N) is 1. The van der Waals surface area contributed by atoms with Crippen LogP contribution in [0.15, 0.2) is 23.1 Å². The quantitative estimate of drug-likeness (QED) is 0.782. The average molecular weight is 272 g/mol. The predicted molar refractivity (Wildman–Crippen MR) is 71.7 cm³/mol. The maximum absolute atomic E-state index is 12.5. The highest BCUT2D eigenvalue weighted by Gasteiger charge is 2.28. The third-order valence-electron chi connectivity index (χ3n) is 2.81. The summed E-state index contributed by atoms with van der Waals surface area (Å²) in [6.45, 7) is 5.09. The first-order valence-electron chi connectivity index (χ1n) is 5.80. The van der Waals surface area contributed by atoms with Gasteiger partial charge in [-0.2, -0.15) is 4.31 Å². The van der Waals surface area contributed by atoms with E-state index in [4.69, 9.17) is 10.8 Å². The molecule has 6 heteroatoms. The zero-order valence-electron chi connectivity index (χ0n) is 10.9. The van der Waals surface area contributed by atoms with E-state index < -0.39 is 10.0 Å².